The molecule has 1 heterocycles. The van der Waals surface area contributed by atoms with Gasteiger partial charge >= 0.3 is 0 Å². The lowest BCUT2D eigenvalue weighted by atomic mass is 10.0. The number of hydrogen-bond donors (Lipinski definition) is 0. The number of rotatable bonds is 4. The molecule has 2 aromatic carbocycles. The van der Waals surface area contributed by atoms with E-state index in [9.17, 15) is 5.26 Å². The summed E-state index contributed by atoms with van der Waals surface area (Å²) < 4.78 is 16.4. The molecule has 116 valence electrons. The van der Waals surface area contributed by atoms with Crippen molar-refractivity contribution in [3.05, 3.63) is 52.5 Å². The van der Waals surface area contributed by atoms with Crippen LogP contribution in [0.3, 0.4) is 0 Å². The van der Waals surface area contributed by atoms with E-state index in [-0.39, 0.29) is 6.79 Å². The van der Waals surface area contributed by atoms with Gasteiger partial charge in [0.05, 0.1) is 18.2 Å². The second kappa shape index (κ2) is 6.64. The van der Waals surface area contributed by atoms with Crippen molar-refractivity contribution in [2.24, 2.45) is 0 Å². The van der Waals surface area contributed by atoms with E-state index >= 15 is 0 Å². The lowest BCUT2D eigenvalue weighted by molar-refractivity contribution is 0.174. The van der Waals surface area contributed by atoms with Crippen LogP contribution >= 0.6 is 11.6 Å². The predicted octanol–water partition coefficient (Wildman–Crippen LogP) is 4.53. The van der Waals surface area contributed by atoms with Crippen LogP contribution < -0.4 is 14.2 Å². The molecule has 0 N–H and O–H groups in total. The molecule has 0 fully saturated rings. The molecule has 1 aliphatic heterocycles. The molecule has 1 aliphatic rings. The van der Waals surface area contributed by atoms with E-state index in [4.69, 9.17) is 25.8 Å². The van der Waals surface area contributed by atoms with Crippen molar-refractivity contribution < 1.29 is 14.2 Å². The first-order valence-electron chi connectivity index (χ1n) is 7.15. The summed E-state index contributed by atoms with van der Waals surface area (Å²) in [7, 11) is 0. The Hall–Kier alpha value is -2.64. The zero-order valence-corrected chi connectivity index (χ0v) is 13.3. The molecular formula is C18H14ClNO3. The van der Waals surface area contributed by atoms with E-state index in [2.05, 4.69) is 6.07 Å². The number of halogens is 1. The van der Waals surface area contributed by atoms with Crippen LogP contribution in [0.15, 0.2) is 36.4 Å². The zero-order chi connectivity index (χ0) is 16.2. The first kappa shape index (κ1) is 15.3. The summed E-state index contributed by atoms with van der Waals surface area (Å²) in [5, 5.41) is 10.1. The number of nitrogens with zero attached hydrogens (tertiary/aromatic N) is 1. The van der Waals surface area contributed by atoms with Crippen LogP contribution in [0.25, 0.3) is 11.6 Å². The van der Waals surface area contributed by atoms with E-state index in [0.29, 0.717) is 34.5 Å². The predicted molar refractivity (Wildman–Crippen MR) is 88.7 cm³/mol. The minimum absolute atomic E-state index is 0.191. The van der Waals surface area contributed by atoms with Gasteiger partial charge in [-0.2, -0.15) is 5.26 Å². The quantitative estimate of drug-likeness (QED) is 0.611. The minimum Gasteiger partial charge on any atom is -0.493 e. The number of fused-ring (bicyclic) bond motifs is 1. The van der Waals surface area contributed by atoms with Crippen molar-refractivity contribution >= 4 is 23.3 Å². The summed E-state index contributed by atoms with van der Waals surface area (Å²) in [6, 6.07) is 13.0. The minimum atomic E-state index is 0.191. The Balaban J connectivity index is 2.05. The van der Waals surface area contributed by atoms with Gasteiger partial charge in [0.2, 0.25) is 6.79 Å². The third-order valence-electron chi connectivity index (χ3n) is 3.38. The lowest BCUT2D eigenvalue weighted by Crippen LogP contribution is -1.94. The summed E-state index contributed by atoms with van der Waals surface area (Å²) in [6.45, 7) is 2.61. The Bertz CT molecular complexity index is 791. The average molecular weight is 328 g/mol. The van der Waals surface area contributed by atoms with Crippen LogP contribution in [0.4, 0.5) is 0 Å². The van der Waals surface area contributed by atoms with Gasteiger partial charge in [0.1, 0.15) is 5.75 Å². The highest BCUT2D eigenvalue weighted by molar-refractivity contribution is 6.30. The van der Waals surface area contributed by atoms with Crippen LogP contribution in [0.5, 0.6) is 17.2 Å². The molecule has 0 aromatic heterocycles. The fourth-order valence-corrected chi connectivity index (χ4v) is 2.42. The van der Waals surface area contributed by atoms with Gasteiger partial charge in [0.15, 0.2) is 11.5 Å². The number of hydrogen-bond acceptors (Lipinski definition) is 4. The van der Waals surface area contributed by atoms with E-state index < -0.39 is 0 Å². The monoisotopic (exact) mass is 327 g/mol. The number of benzene rings is 2. The molecule has 23 heavy (non-hydrogen) atoms. The number of allylic oxidation sites excluding steroid dienone is 1. The number of ether oxygens (including phenoxy) is 3. The van der Waals surface area contributed by atoms with Gasteiger partial charge in [-0.3, -0.25) is 0 Å². The maximum absolute atomic E-state index is 9.48. The maximum atomic E-state index is 9.48. The molecule has 5 heteroatoms. The molecule has 0 unspecified atom stereocenters. The molecule has 2 aromatic rings. The van der Waals surface area contributed by atoms with Crippen molar-refractivity contribution in [3.8, 4) is 23.3 Å². The standard InChI is InChI=1S/C18H14ClNO3/c1-2-21-16-9-18-17(22-11-23-18)8-13(16)7-14(10-20)12-3-5-15(19)6-4-12/h3-9H,2,11H2,1H3/b14-7+. The lowest BCUT2D eigenvalue weighted by Gasteiger charge is -2.09. The molecule has 4 nitrogen and oxygen atoms in total. The normalized spacial score (nSPS) is 12.8. The first-order valence-corrected chi connectivity index (χ1v) is 7.53. The van der Waals surface area contributed by atoms with Gasteiger partial charge in [0, 0.05) is 16.7 Å². The molecule has 0 amide bonds. The van der Waals surface area contributed by atoms with Crippen molar-refractivity contribution in [2.75, 3.05) is 13.4 Å². The second-order valence-corrected chi connectivity index (χ2v) is 5.29. The van der Waals surface area contributed by atoms with E-state index in [1.807, 2.05) is 25.1 Å². The van der Waals surface area contributed by atoms with Crippen molar-refractivity contribution in [3.63, 3.8) is 0 Å². The van der Waals surface area contributed by atoms with E-state index in [1.54, 1.807) is 24.3 Å². The summed E-state index contributed by atoms with van der Waals surface area (Å²) >= 11 is 5.90. The van der Waals surface area contributed by atoms with Gasteiger partial charge in [-0.25, -0.2) is 0 Å². The van der Waals surface area contributed by atoms with Gasteiger partial charge in [0.25, 0.3) is 0 Å². The Labute approximate surface area is 139 Å². The molecule has 0 spiro atoms. The average Bonchev–Trinajstić information content (AvgIpc) is 3.01. The van der Waals surface area contributed by atoms with Crippen LogP contribution in [-0.4, -0.2) is 13.4 Å². The Morgan fingerprint density at radius 1 is 1.26 bits per heavy atom. The van der Waals surface area contributed by atoms with Crippen LogP contribution in [0, 0.1) is 11.3 Å². The van der Waals surface area contributed by atoms with Gasteiger partial charge in [-0.05, 0) is 36.8 Å². The molecular weight excluding hydrogens is 314 g/mol. The maximum Gasteiger partial charge on any atom is 0.231 e. The fraction of sp³-hybridized carbons (Fsp3) is 0.167. The molecule has 0 saturated heterocycles. The molecule has 0 bridgehead atoms. The summed E-state index contributed by atoms with van der Waals surface area (Å²) in [4.78, 5) is 0. The van der Waals surface area contributed by atoms with Gasteiger partial charge in [-0.1, -0.05) is 23.7 Å². The molecule has 0 radical (unpaired) electrons. The van der Waals surface area contributed by atoms with Crippen molar-refractivity contribution in [1.29, 1.82) is 5.26 Å². The molecule has 0 atom stereocenters. The molecule has 0 saturated carbocycles. The Kier molecular flexibility index (Phi) is 4.40. The highest BCUT2D eigenvalue weighted by atomic mass is 35.5. The van der Waals surface area contributed by atoms with Crippen LogP contribution in [-0.2, 0) is 0 Å². The van der Waals surface area contributed by atoms with Crippen LogP contribution in [0.2, 0.25) is 5.02 Å². The fourth-order valence-electron chi connectivity index (χ4n) is 2.30. The van der Waals surface area contributed by atoms with Crippen molar-refractivity contribution in [1.82, 2.24) is 0 Å². The summed E-state index contributed by atoms with van der Waals surface area (Å²) in [5.74, 6) is 1.95. The third-order valence-corrected chi connectivity index (χ3v) is 3.63. The molecule has 3 rings (SSSR count). The molecule has 0 aliphatic carbocycles. The zero-order valence-electron chi connectivity index (χ0n) is 12.5. The van der Waals surface area contributed by atoms with E-state index in [0.717, 1.165) is 11.1 Å². The van der Waals surface area contributed by atoms with E-state index in [1.165, 1.54) is 0 Å². The Morgan fingerprint density at radius 2 is 1.96 bits per heavy atom. The van der Waals surface area contributed by atoms with Crippen LogP contribution in [0.1, 0.15) is 18.1 Å². The Morgan fingerprint density at radius 3 is 2.61 bits per heavy atom. The first-order chi connectivity index (χ1) is 11.2. The second-order valence-electron chi connectivity index (χ2n) is 4.85. The highest BCUT2D eigenvalue weighted by Gasteiger charge is 2.17. The highest BCUT2D eigenvalue weighted by Crippen LogP contribution is 2.39. The van der Waals surface area contributed by atoms with Gasteiger partial charge in [-0.15, -0.1) is 0 Å². The number of nitriles is 1. The van der Waals surface area contributed by atoms with Crippen molar-refractivity contribution in [2.45, 2.75) is 6.92 Å². The summed E-state index contributed by atoms with van der Waals surface area (Å²) in [5.41, 5.74) is 2.07. The van der Waals surface area contributed by atoms with Gasteiger partial charge < -0.3 is 14.2 Å². The SMILES string of the molecule is CCOc1cc2c(cc1/C=C(\C#N)c1ccc(Cl)cc1)OCO2. The largest absolute Gasteiger partial charge is 0.493 e. The smallest absolute Gasteiger partial charge is 0.231 e. The summed E-state index contributed by atoms with van der Waals surface area (Å²) in [6.07, 6.45) is 1.77. The topological polar surface area (TPSA) is 51.5 Å². The third kappa shape index (κ3) is 3.25.